The Labute approximate surface area is 129 Å². The van der Waals surface area contributed by atoms with E-state index in [1.54, 1.807) is 12.1 Å². The van der Waals surface area contributed by atoms with E-state index in [1.807, 2.05) is 24.3 Å². The van der Waals surface area contributed by atoms with Crippen LogP contribution in [0.15, 0.2) is 42.5 Å². The van der Waals surface area contributed by atoms with Crippen LogP contribution in [0.1, 0.15) is 24.5 Å². The molecular formula is C17H19ClFNO. The van der Waals surface area contributed by atoms with Crippen molar-refractivity contribution in [2.75, 3.05) is 6.54 Å². The van der Waals surface area contributed by atoms with Gasteiger partial charge < -0.3 is 10.1 Å². The fourth-order valence-electron chi connectivity index (χ4n) is 1.93. The molecule has 0 saturated carbocycles. The standard InChI is InChI=1S/C17H19ClFNO/c1-2-10-20-11-13-6-8-15(9-7-13)21-12-14-4-3-5-16(18)17(14)19/h3-9,20H,2,10-12H2,1H3. The van der Waals surface area contributed by atoms with Crippen LogP contribution in [-0.4, -0.2) is 6.54 Å². The second kappa shape index (κ2) is 8.01. The third-order valence-corrected chi connectivity index (χ3v) is 3.40. The molecule has 0 aliphatic rings. The van der Waals surface area contributed by atoms with E-state index in [0.29, 0.717) is 11.3 Å². The van der Waals surface area contributed by atoms with Crippen molar-refractivity contribution in [3.05, 3.63) is 64.4 Å². The molecule has 0 amide bonds. The lowest BCUT2D eigenvalue weighted by molar-refractivity contribution is 0.300. The van der Waals surface area contributed by atoms with Crippen LogP contribution in [0.5, 0.6) is 5.75 Å². The lowest BCUT2D eigenvalue weighted by Crippen LogP contribution is -2.13. The summed E-state index contributed by atoms with van der Waals surface area (Å²) in [7, 11) is 0. The van der Waals surface area contributed by atoms with E-state index in [-0.39, 0.29) is 11.6 Å². The van der Waals surface area contributed by atoms with Crippen molar-refractivity contribution >= 4 is 11.6 Å². The molecule has 0 aromatic heterocycles. The van der Waals surface area contributed by atoms with Crippen LogP contribution in [0, 0.1) is 5.82 Å². The lowest BCUT2D eigenvalue weighted by atomic mass is 10.2. The zero-order valence-electron chi connectivity index (χ0n) is 12.0. The Bertz CT molecular complexity index is 572. The Morgan fingerprint density at radius 1 is 1.14 bits per heavy atom. The second-order valence-corrected chi connectivity index (χ2v) is 5.23. The third kappa shape index (κ3) is 4.73. The Morgan fingerprint density at radius 3 is 2.62 bits per heavy atom. The van der Waals surface area contributed by atoms with Crippen LogP contribution in [0.2, 0.25) is 5.02 Å². The van der Waals surface area contributed by atoms with Gasteiger partial charge in [0.1, 0.15) is 18.2 Å². The fourth-order valence-corrected chi connectivity index (χ4v) is 2.13. The van der Waals surface area contributed by atoms with Crippen molar-refractivity contribution in [1.29, 1.82) is 0 Å². The van der Waals surface area contributed by atoms with Gasteiger partial charge in [-0.15, -0.1) is 0 Å². The summed E-state index contributed by atoms with van der Waals surface area (Å²) in [5.41, 5.74) is 1.65. The van der Waals surface area contributed by atoms with Crippen molar-refractivity contribution in [2.24, 2.45) is 0 Å². The van der Waals surface area contributed by atoms with Gasteiger partial charge in [-0.1, -0.05) is 42.8 Å². The molecular weight excluding hydrogens is 289 g/mol. The molecule has 2 aromatic carbocycles. The molecule has 0 bridgehead atoms. The van der Waals surface area contributed by atoms with Crippen LogP contribution < -0.4 is 10.1 Å². The van der Waals surface area contributed by atoms with Crippen LogP contribution in [0.25, 0.3) is 0 Å². The highest BCUT2D eigenvalue weighted by atomic mass is 35.5. The molecule has 0 unspecified atom stereocenters. The minimum Gasteiger partial charge on any atom is -0.489 e. The van der Waals surface area contributed by atoms with Gasteiger partial charge in [-0.05, 0) is 36.7 Å². The number of hydrogen-bond donors (Lipinski definition) is 1. The molecule has 2 aromatic rings. The zero-order valence-corrected chi connectivity index (χ0v) is 12.8. The van der Waals surface area contributed by atoms with Crippen molar-refractivity contribution in [1.82, 2.24) is 5.32 Å². The predicted octanol–water partition coefficient (Wildman–Crippen LogP) is 4.56. The normalized spacial score (nSPS) is 10.6. The molecule has 21 heavy (non-hydrogen) atoms. The third-order valence-electron chi connectivity index (χ3n) is 3.11. The summed E-state index contributed by atoms with van der Waals surface area (Å²) in [4.78, 5) is 0. The van der Waals surface area contributed by atoms with Crippen LogP contribution in [0.3, 0.4) is 0 Å². The van der Waals surface area contributed by atoms with E-state index < -0.39 is 5.82 Å². The van der Waals surface area contributed by atoms with Gasteiger partial charge in [-0.3, -0.25) is 0 Å². The number of rotatable bonds is 7. The van der Waals surface area contributed by atoms with Gasteiger partial charge in [0.15, 0.2) is 0 Å². The molecule has 0 saturated heterocycles. The number of benzene rings is 2. The summed E-state index contributed by atoms with van der Waals surface area (Å²) in [6.07, 6.45) is 1.12. The average Bonchev–Trinajstić information content (AvgIpc) is 2.50. The molecule has 0 atom stereocenters. The minimum absolute atomic E-state index is 0.119. The Morgan fingerprint density at radius 2 is 1.90 bits per heavy atom. The SMILES string of the molecule is CCCNCc1ccc(OCc2cccc(Cl)c2F)cc1. The van der Waals surface area contributed by atoms with E-state index in [0.717, 1.165) is 19.5 Å². The Balaban J connectivity index is 1.90. The monoisotopic (exact) mass is 307 g/mol. The van der Waals surface area contributed by atoms with Crippen molar-refractivity contribution in [3.8, 4) is 5.75 Å². The highest BCUT2D eigenvalue weighted by Gasteiger charge is 2.06. The van der Waals surface area contributed by atoms with Gasteiger partial charge in [-0.2, -0.15) is 0 Å². The minimum atomic E-state index is -0.417. The zero-order chi connectivity index (χ0) is 15.1. The fraction of sp³-hybridized carbons (Fsp3) is 0.294. The first-order valence-corrected chi connectivity index (χ1v) is 7.44. The van der Waals surface area contributed by atoms with Gasteiger partial charge in [-0.25, -0.2) is 4.39 Å². The molecule has 0 fully saturated rings. The van der Waals surface area contributed by atoms with Crippen molar-refractivity contribution in [2.45, 2.75) is 26.5 Å². The Hall–Kier alpha value is -1.58. The van der Waals surface area contributed by atoms with Crippen LogP contribution in [0.4, 0.5) is 4.39 Å². The summed E-state index contributed by atoms with van der Waals surface area (Å²) in [6.45, 7) is 4.15. The quantitative estimate of drug-likeness (QED) is 0.757. The summed E-state index contributed by atoms with van der Waals surface area (Å²) in [6, 6.07) is 12.7. The maximum absolute atomic E-state index is 13.7. The molecule has 2 rings (SSSR count). The summed E-state index contributed by atoms with van der Waals surface area (Å²) < 4.78 is 19.3. The van der Waals surface area contributed by atoms with E-state index in [2.05, 4.69) is 12.2 Å². The Kier molecular flexibility index (Phi) is 6.03. The first kappa shape index (κ1) is 15.8. The maximum Gasteiger partial charge on any atom is 0.148 e. The second-order valence-electron chi connectivity index (χ2n) is 4.82. The highest BCUT2D eigenvalue weighted by Crippen LogP contribution is 2.20. The lowest BCUT2D eigenvalue weighted by Gasteiger charge is -2.09. The van der Waals surface area contributed by atoms with Crippen molar-refractivity contribution < 1.29 is 9.13 Å². The van der Waals surface area contributed by atoms with Gasteiger partial charge >= 0.3 is 0 Å². The number of hydrogen-bond acceptors (Lipinski definition) is 2. The first-order valence-electron chi connectivity index (χ1n) is 7.06. The molecule has 0 spiro atoms. The van der Waals surface area contributed by atoms with Gasteiger partial charge in [0.05, 0.1) is 5.02 Å². The maximum atomic E-state index is 13.7. The molecule has 0 aliphatic heterocycles. The predicted molar refractivity (Wildman–Crippen MR) is 84.2 cm³/mol. The average molecular weight is 308 g/mol. The highest BCUT2D eigenvalue weighted by molar-refractivity contribution is 6.30. The topological polar surface area (TPSA) is 21.3 Å². The first-order chi connectivity index (χ1) is 10.2. The molecule has 112 valence electrons. The largest absolute Gasteiger partial charge is 0.489 e. The van der Waals surface area contributed by atoms with Gasteiger partial charge in [0, 0.05) is 12.1 Å². The van der Waals surface area contributed by atoms with E-state index in [4.69, 9.17) is 16.3 Å². The summed E-state index contributed by atoms with van der Waals surface area (Å²) in [5, 5.41) is 3.46. The summed E-state index contributed by atoms with van der Waals surface area (Å²) >= 11 is 5.74. The van der Waals surface area contributed by atoms with E-state index >= 15 is 0 Å². The molecule has 0 aliphatic carbocycles. The molecule has 0 radical (unpaired) electrons. The van der Waals surface area contributed by atoms with E-state index in [9.17, 15) is 4.39 Å². The number of halogens is 2. The number of nitrogens with one attached hydrogen (secondary N) is 1. The molecule has 1 N–H and O–H groups in total. The molecule has 0 heterocycles. The van der Waals surface area contributed by atoms with E-state index in [1.165, 1.54) is 11.6 Å². The molecule has 2 nitrogen and oxygen atoms in total. The van der Waals surface area contributed by atoms with Gasteiger partial charge in [0.25, 0.3) is 0 Å². The van der Waals surface area contributed by atoms with Crippen LogP contribution in [-0.2, 0) is 13.2 Å². The number of ether oxygens (including phenoxy) is 1. The van der Waals surface area contributed by atoms with Gasteiger partial charge in [0.2, 0.25) is 0 Å². The smallest absolute Gasteiger partial charge is 0.148 e. The molecule has 4 heteroatoms. The van der Waals surface area contributed by atoms with Crippen LogP contribution >= 0.6 is 11.6 Å². The summed E-state index contributed by atoms with van der Waals surface area (Å²) in [5.74, 6) is 0.299. The van der Waals surface area contributed by atoms with Crippen molar-refractivity contribution in [3.63, 3.8) is 0 Å².